The Morgan fingerprint density at radius 1 is 1.09 bits per heavy atom. The third-order valence-corrected chi connectivity index (χ3v) is 6.22. The highest BCUT2D eigenvalue weighted by Crippen LogP contribution is 2.21. The molecule has 0 spiro atoms. The molecule has 1 aromatic rings. The van der Waals surface area contributed by atoms with E-state index < -0.39 is 18.4 Å². The highest BCUT2D eigenvalue weighted by molar-refractivity contribution is 8.18. The molecule has 1 rings (SSSR count). The number of aryl methyl sites for hydroxylation is 1. The zero-order valence-electron chi connectivity index (χ0n) is 14.5. The van der Waals surface area contributed by atoms with E-state index in [2.05, 4.69) is 43.2 Å². The van der Waals surface area contributed by atoms with E-state index in [1.54, 1.807) is 0 Å². The summed E-state index contributed by atoms with van der Waals surface area (Å²) >= 11 is 3.69. The Morgan fingerprint density at radius 3 is 1.91 bits per heavy atom. The molecule has 0 amide bonds. The Balaban J connectivity index is 0.00000108. The van der Waals surface area contributed by atoms with Crippen molar-refractivity contribution in [3.63, 3.8) is 0 Å². The lowest BCUT2D eigenvalue weighted by molar-refractivity contribution is 0.0703. The van der Waals surface area contributed by atoms with E-state index in [4.69, 9.17) is 22.0 Å². The van der Waals surface area contributed by atoms with E-state index in [1.165, 1.54) is 16.7 Å². The standard InChI is InChI=1S/C15H26O3Si.H2O2S2/c1-6-16-19(17-7-2,18-8-3)12-15-11-9-10-13(4)14(15)5;1-4(2)3/h9-11H,6-8,12H2,1-5H3;4H,(H,1,2,3). The molecule has 8 heteroatoms. The fourth-order valence-electron chi connectivity index (χ4n) is 2.17. The van der Waals surface area contributed by atoms with Crippen LogP contribution >= 0.6 is 0 Å². The molecule has 1 aromatic carbocycles. The lowest BCUT2D eigenvalue weighted by atomic mass is 10.1. The van der Waals surface area contributed by atoms with Gasteiger partial charge in [0.05, 0.1) is 0 Å². The predicted octanol–water partition coefficient (Wildman–Crippen LogP) is 2.84. The maximum atomic E-state index is 8.96. The summed E-state index contributed by atoms with van der Waals surface area (Å²) in [5.41, 5.74) is 3.87. The molecule has 23 heavy (non-hydrogen) atoms. The van der Waals surface area contributed by atoms with E-state index in [1.807, 2.05) is 20.8 Å². The fraction of sp³-hybridized carbons (Fsp3) is 0.600. The van der Waals surface area contributed by atoms with Crippen LogP contribution in [-0.2, 0) is 40.1 Å². The maximum Gasteiger partial charge on any atom is 0.505 e. The van der Waals surface area contributed by atoms with Crippen molar-refractivity contribution in [1.29, 1.82) is 0 Å². The second-order valence-electron chi connectivity index (χ2n) is 4.76. The van der Waals surface area contributed by atoms with Gasteiger partial charge in [0, 0.05) is 37.1 Å². The van der Waals surface area contributed by atoms with Gasteiger partial charge in [-0.15, -0.1) is 0 Å². The van der Waals surface area contributed by atoms with Gasteiger partial charge in [0.1, 0.15) is 9.64 Å². The number of benzene rings is 1. The van der Waals surface area contributed by atoms with Crippen molar-refractivity contribution in [2.24, 2.45) is 0 Å². The first-order chi connectivity index (χ1) is 10.8. The van der Waals surface area contributed by atoms with Gasteiger partial charge in [0.25, 0.3) is 0 Å². The molecule has 1 atom stereocenters. The summed E-state index contributed by atoms with van der Waals surface area (Å²) in [4.78, 5) is 0. The van der Waals surface area contributed by atoms with Gasteiger partial charge in [0.15, 0.2) is 0 Å². The summed E-state index contributed by atoms with van der Waals surface area (Å²) in [7, 11) is -4.88. The van der Waals surface area contributed by atoms with Crippen LogP contribution in [0.2, 0.25) is 0 Å². The largest absolute Gasteiger partial charge is 0.505 e. The minimum absolute atomic E-state index is 0.622. The number of hydrogen-bond donors (Lipinski definition) is 2. The van der Waals surface area contributed by atoms with Gasteiger partial charge in [-0.3, -0.25) is 0 Å². The lowest BCUT2D eigenvalue weighted by Gasteiger charge is -2.29. The van der Waals surface area contributed by atoms with Crippen LogP contribution in [0.15, 0.2) is 18.2 Å². The third-order valence-electron chi connectivity index (χ3n) is 3.22. The second-order valence-corrected chi connectivity index (χ2v) is 8.75. The molecule has 0 heterocycles. The van der Waals surface area contributed by atoms with Gasteiger partial charge in [-0.1, -0.05) is 18.2 Å². The average molecular weight is 381 g/mol. The smallest absolute Gasteiger partial charge is 0.374 e. The first kappa shape index (κ1) is 22.6. The zero-order valence-corrected chi connectivity index (χ0v) is 17.2. The highest BCUT2D eigenvalue weighted by atomic mass is 32.8. The maximum absolute atomic E-state index is 8.96. The van der Waals surface area contributed by atoms with Crippen LogP contribution in [0.4, 0.5) is 0 Å². The molecular formula is C15H28O5S2Si. The molecule has 0 saturated carbocycles. The predicted molar refractivity (Wildman–Crippen MR) is 99.8 cm³/mol. The number of thiol groups is 1. The second kappa shape index (κ2) is 12.1. The molecule has 5 nitrogen and oxygen atoms in total. The van der Waals surface area contributed by atoms with Crippen molar-refractivity contribution in [1.82, 2.24) is 0 Å². The van der Waals surface area contributed by atoms with Gasteiger partial charge in [-0.25, -0.2) is 4.21 Å². The molecule has 0 saturated heterocycles. The monoisotopic (exact) mass is 380 g/mol. The highest BCUT2D eigenvalue weighted by Gasteiger charge is 2.41. The number of rotatable bonds is 8. The average Bonchev–Trinajstić information content (AvgIpc) is 2.44. The van der Waals surface area contributed by atoms with E-state index in [0.717, 1.165) is 6.04 Å². The molecule has 0 aliphatic carbocycles. The van der Waals surface area contributed by atoms with E-state index in [0.29, 0.717) is 19.8 Å². The van der Waals surface area contributed by atoms with Gasteiger partial charge in [-0.05, 0) is 51.3 Å². The Morgan fingerprint density at radius 2 is 1.52 bits per heavy atom. The molecule has 0 aliphatic rings. The van der Waals surface area contributed by atoms with Crippen molar-refractivity contribution >= 4 is 29.6 Å². The van der Waals surface area contributed by atoms with Crippen LogP contribution in [0.5, 0.6) is 0 Å². The van der Waals surface area contributed by atoms with Crippen LogP contribution < -0.4 is 0 Å². The molecule has 0 aromatic heterocycles. The van der Waals surface area contributed by atoms with Crippen molar-refractivity contribution in [3.05, 3.63) is 34.9 Å². The van der Waals surface area contributed by atoms with E-state index in [-0.39, 0.29) is 0 Å². The molecule has 0 radical (unpaired) electrons. The van der Waals surface area contributed by atoms with E-state index >= 15 is 0 Å². The Hall–Kier alpha value is -0.353. The lowest BCUT2D eigenvalue weighted by Crippen LogP contribution is -2.48. The fourth-order valence-corrected chi connectivity index (χ4v) is 4.90. The van der Waals surface area contributed by atoms with Crippen LogP contribution in [-0.4, -0.2) is 37.4 Å². The van der Waals surface area contributed by atoms with Crippen LogP contribution in [0.25, 0.3) is 0 Å². The minimum atomic E-state index is -2.59. The topological polar surface area (TPSA) is 65.0 Å². The Bertz CT molecular complexity index is 510. The molecule has 0 fully saturated rings. The SMILES string of the molecule is CCO[Si](Cc1cccc(C)c1C)(OCC)OCC.O=[SH](O)=S. The van der Waals surface area contributed by atoms with Gasteiger partial charge in [0.2, 0.25) is 0 Å². The van der Waals surface area contributed by atoms with Crippen LogP contribution in [0.3, 0.4) is 0 Å². The molecule has 0 aliphatic heterocycles. The summed E-state index contributed by atoms with van der Waals surface area (Å²) in [5.74, 6) is 0. The van der Waals surface area contributed by atoms with Crippen LogP contribution in [0, 0.1) is 13.8 Å². The quantitative estimate of drug-likeness (QED) is 0.534. The van der Waals surface area contributed by atoms with Crippen LogP contribution in [0.1, 0.15) is 37.5 Å². The minimum Gasteiger partial charge on any atom is -0.374 e. The van der Waals surface area contributed by atoms with Gasteiger partial charge >= 0.3 is 8.80 Å². The van der Waals surface area contributed by atoms with Crippen molar-refractivity contribution in [3.8, 4) is 0 Å². The number of hydrogen-bond acceptors (Lipinski definition) is 5. The van der Waals surface area contributed by atoms with E-state index in [9.17, 15) is 0 Å². The first-order valence-corrected chi connectivity index (χ1v) is 11.8. The summed E-state index contributed by atoms with van der Waals surface area (Å²) in [5, 5.41) is 0. The summed E-state index contributed by atoms with van der Waals surface area (Å²) in [6, 6.07) is 7.10. The molecule has 1 unspecified atom stereocenters. The van der Waals surface area contributed by atoms with Gasteiger partial charge in [-0.2, -0.15) is 0 Å². The molecule has 1 N–H and O–H groups in total. The van der Waals surface area contributed by atoms with Crippen molar-refractivity contribution in [2.75, 3.05) is 19.8 Å². The Kier molecular flexibility index (Phi) is 11.9. The summed E-state index contributed by atoms with van der Waals surface area (Å²) < 4.78 is 34.1. The van der Waals surface area contributed by atoms with Crippen molar-refractivity contribution < 1.29 is 22.0 Å². The molecule has 0 bridgehead atoms. The molecular weight excluding hydrogens is 352 g/mol. The zero-order chi connectivity index (χ0) is 17.9. The summed E-state index contributed by atoms with van der Waals surface area (Å²) in [6.45, 7) is 12.1. The normalized spacial score (nSPS) is 12.4. The third kappa shape index (κ3) is 8.90. The first-order valence-electron chi connectivity index (χ1n) is 7.62. The molecule has 134 valence electrons. The Labute approximate surface area is 147 Å². The van der Waals surface area contributed by atoms with Crippen molar-refractivity contribution in [2.45, 2.75) is 40.7 Å². The van der Waals surface area contributed by atoms with Gasteiger partial charge < -0.3 is 17.8 Å². The summed E-state index contributed by atoms with van der Waals surface area (Å²) in [6.07, 6.45) is 0.